The Labute approximate surface area is 185 Å². The van der Waals surface area contributed by atoms with Crippen LogP contribution in [0.4, 0.5) is 5.82 Å². The van der Waals surface area contributed by atoms with E-state index in [1.165, 1.54) is 0 Å². The van der Waals surface area contributed by atoms with Crippen LogP contribution in [0, 0.1) is 0 Å². The standard InChI is InChI=1S/C25H32N6/c1-6-18(14-26-3)23-16-28-24(30-25(23)29-22-11-12-27-15-22)21-10-8-9-20(13-21)19(7-2)17-31(4)5/h6-10,13-14,16-17,22,27H,2,11-12,15H2,1,3-5H3,(H,28,29,30)/b18-6+,19-17+,26-14-. The first kappa shape index (κ1) is 22.4. The molecule has 1 aromatic heterocycles. The highest BCUT2D eigenvalue weighted by atomic mass is 15.1. The van der Waals surface area contributed by atoms with Gasteiger partial charge < -0.3 is 15.5 Å². The number of nitrogens with zero attached hydrogens (tertiary/aromatic N) is 4. The fourth-order valence-corrected chi connectivity index (χ4v) is 3.61. The van der Waals surface area contributed by atoms with Gasteiger partial charge in [0.2, 0.25) is 0 Å². The van der Waals surface area contributed by atoms with Gasteiger partial charge in [-0.15, -0.1) is 0 Å². The highest BCUT2D eigenvalue weighted by Gasteiger charge is 2.18. The molecule has 0 bridgehead atoms. The zero-order chi connectivity index (χ0) is 22.2. The fourth-order valence-electron chi connectivity index (χ4n) is 3.61. The minimum atomic E-state index is 0.347. The lowest BCUT2D eigenvalue weighted by Gasteiger charge is -2.17. The van der Waals surface area contributed by atoms with Crippen molar-refractivity contribution < 1.29 is 0 Å². The molecule has 1 aromatic carbocycles. The Morgan fingerprint density at radius 2 is 2.16 bits per heavy atom. The lowest BCUT2D eigenvalue weighted by molar-refractivity contribution is 0.566. The molecule has 3 rings (SSSR count). The summed E-state index contributed by atoms with van der Waals surface area (Å²) in [6.07, 6.45) is 10.8. The highest BCUT2D eigenvalue weighted by molar-refractivity contribution is 6.11. The molecule has 2 heterocycles. The van der Waals surface area contributed by atoms with Crippen LogP contribution in [0.25, 0.3) is 22.5 Å². The normalized spacial score (nSPS) is 17.2. The van der Waals surface area contributed by atoms with Gasteiger partial charge in [-0.1, -0.05) is 36.9 Å². The number of allylic oxidation sites excluding steroid dienone is 4. The smallest absolute Gasteiger partial charge is 0.161 e. The maximum Gasteiger partial charge on any atom is 0.161 e. The van der Waals surface area contributed by atoms with Crippen LogP contribution >= 0.6 is 0 Å². The van der Waals surface area contributed by atoms with Gasteiger partial charge in [0.05, 0.1) is 0 Å². The van der Waals surface area contributed by atoms with Crippen molar-refractivity contribution >= 4 is 23.2 Å². The predicted octanol–water partition coefficient (Wildman–Crippen LogP) is 4.11. The summed E-state index contributed by atoms with van der Waals surface area (Å²) in [5, 5.41) is 7.02. The second kappa shape index (κ2) is 10.7. The fraction of sp³-hybridized carbons (Fsp3) is 0.320. The van der Waals surface area contributed by atoms with Gasteiger partial charge in [0.1, 0.15) is 5.82 Å². The molecule has 1 unspecified atom stereocenters. The van der Waals surface area contributed by atoms with Gasteiger partial charge in [-0.05, 0) is 37.1 Å². The molecule has 1 aliphatic rings. The van der Waals surface area contributed by atoms with E-state index in [-0.39, 0.29) is 0 Å². The molecule has 6 heteroatoms. The van der Waals surface area contributed by atoms with E-state index < -0.39 is 0 Å². The minimum Gasteiger partial charge on any atom is -0.383 e. The molecular formula is C25H32N6. The molecule has 0 spiro atoms. The van der Waals surface area contributed by atoms with E-state index in [2.05, 4.69) is 40.5 Å². The number of rotatable bonds is 8. The van der Waals surface area contributed by atoms with Gasteiger partial charge in [-0.3, -0.25) is 4.99 Å². The molecule has 1 saturated heterocycles. The number of aliphatic imine (C=N–C) groups is 1. The molecule has 162 valence electrons. The van der Waals surface area contributed by atoms with Crippen LogP contribution in [-0.4, -0.2) is 61.4 Å². The molecule has 0 aliphatic carbocycles. The van der Waals surface area contributed by atoms with Crippen molar-refractivity contribution in [1.82, 2.24) is 20.2 Å². The first-order valence-electron chi connectivity index (χ1n) is 10.6. The van der Waals surface area contributed by atoms with E-state index in [9.17, 15) is 0 Å². The Morgan fingerprint density at radius 3 is 2.81 bits per heavy atom. The summed E-state index contributed by atoms with van der Waals surface area (Å²) < 4.78 is 0. The summed E-state index contributed by atoms with van der Waals surface area (Å²) in [7, 11) is 5.78. The van der Waals surface area contributed by atoms with Crippen LogP contribution < -0.4 is 10.6 Å². The van der Waals surface area contributed by atoms with Gasteiger partial charge in [-0.25, -0.2) is 9.97 Å². The second-order valence-electron chi connectivity index (χ2n) is 7.75. The number of nitrogens with one attached hydrogen (secondary N) is 2. The summed E-state index contributed by atoms with van der Waals surface area (Å²) in [6.45, 7) is 7.91. The monoisotopic (exact) mass is 416 g/mol. The first-order chi connectivity index (χ1) is 15.0. The molecule has 1 fully saturated rings. The molecule has 1 atom stereocenters. The summed E-state index contributed by atoms with van der Waals surface area (Å²) in [5.74, 6) is 1.53. The predicted molar refractivity (Wildman–Crippen MR) is 132 cm³/mol. The third-order valence-corrected chi connectivity index (χ3v) is 5.15. The van der Waals surface area contributed by atoms with E-state index in [0.29, 0.717) is 11.9 Å². The molecule has 2 N–H and O–H groups in total. The maximum absolute atomic E-state index is 4.94. The number of aromatic nitrogens is 2. The van der Waals surface area contributed by atoms with E-state index in [1.54, 1.807) is 7.05 Å². The minimum absolute atomic E-state index is 0.347. The van der Waals surface area contributed by atoms with Gasteiger partial charge in [0.15, 0.2) is 5.82 Å². The molecule has 1 aliphatic heterocycles. The topological polar surface area (TPSA) is 65.4 Å². The Bertz CT molecular complexity index is 997. The maximum atomic E-state index is 4.94. The Hall–Kier alpha value is -3.25. The summed E-state index contributed by atoms with van der Waals surface area (Å²) >= 11 is 0. The summed E-state index contributed by atoms with van der Waals surface area (Å²) in [6, 6.07) is 8.61. The number of hydrogen-bond acceptors (Lipinski definition) is 6. The molecular weight excluding hydrogens is 384 g/mol. The molecule has 6 nitrogen and oxygen atoms in total. The molecule has 31 heavy (non-hydrogen) atoms. The van der Waals surface area contributed by atoms with Crippen LogP contribution in [0.15, 0.2) is 60.4 Å². The van der Waals surface area contributed by atoms with Gasteiger partial charge >= 0.3 is 0 Å². The van der Waals surface area contributed by atoms with Crippen molar-refractivity contribution in [3.63, 3.8) is 0 Å². The molecule has 2 aromatic rings. The second-order valence-corrected chi connectivity index (χ2v) is 7.75. The first-order valence-corrected chi connectivity index (χ1v) is 10.6. The lowest BCUT2D eigenvalue weighted by atomic mass is 10.0. The van der Waals surface area contributed by atoms with Crippen molar-refractivity contribution in [2.45, 2.75) is 19.4 Å². The summed E-state index contributed by atoms with van der Waals surface area (Å²) in [4.78, 5) is 15.8. The zero-order valence-electron chi connectivity index (χ0n) is 18.9. The van der Waals surface area contributed by atoms with Crippen molar-refractivity contribution in [2.24, 2.45) is 4.99 Å². The Kier molecular flexibility index (Phi) is 7.73. The van der Waals surface area contributed by atoms with Crippen molar-refractivity contribution in [1.29, 1.82) is 0 Å². The number of hydrogen-bond donors (Lipinski definition) is 2. The van der Waals surface area contributed by atoms with Crippen molar-refractivity contribution in [3.8, 4) is 11.4 Å². The van der Waals surface area contributed by atoms with Crippen LogP contribution in [-0.2, 0) is 0 Å². The van der Waals surface area contributed by atoms with Crippen molar-refractivity contribution in [2.75, 3.05) is 39.5 Å². The third-order valence-electron chi connectivity index (χ3n) is 5.15. The SMILES string of the molecule is C=C/C(=C\N(C)C)c1cccc(-c2ncc(C(/C=N\C)=C/C)c(NC3CCNC3)n2)c1. The van der Waals surface area contributed by atoms with Crippen LogP contribution in [0.2, 0.25) is 0 Å². The Morgan fingerprint density at radius 1 is 1.32 bits per heavy atom. The van der Waals surface area contributed by atoms with E-state index in [4.69, 9.17) is 9.97 Å². The van der Waals surface area contributed by atoms with Gasteiger partial charge in [0.25, 0.3) is 0 Å². The average molecular weight is 417 g/mol. The number of benzene rings is 1. The zero-order valence-corrected chi connectivity index (χ0v) is 18.9. The van der Waals surface area contributed by atoms with Crippen LogP contribution in [0.5, 0.6) is 0 Å². The van der Waals surface area contributed by atoms with E-state index in [1.807, 2.05) is 62.6 Å². The molecule has 0 saturated carbocycles. The molecule has 0 radical (unpaired) electrons. The largest absolute Gasteiger partial charge is 0.383 e. The lowest BCUT2D eigenvalue weighted by Crippen LogP contribution is -2.23. The number of anilines is 1. The van der Waals surface area contributed by atoms with E-state index in [0.717, 1.165) is 53.2 Å². The third kappa shape index (κ3) is 5.67. The molecule has 0 amide bonds. The van der Waals surface area contributed by atoms with Gasteiger partial charge in [0, 0.05) is 69.0 Å². The van der Waals surface area contributed by atoms with Crippen molar-refractivity contribution in [3.05, 3.63) is 66.5 Å². The average Bonchev–Trinajstić information content (AvgIpc) is 3.29. The highest BCUT2D eigenvalue weighted by Crippen LogP contribution is 2.27. The van der Waals surface area contributed by atoms with Crippen LogP contribution in [0.1, 0.15) is 24.5 Å². The quantitative estimate of drug-likeness (QED) is 0.501. The van der Waals surface area contributed by atoms with Gasteiger partial charge in [-0.2, -0.15) is 0 Å². The Balaban J connectivity index is 2.04. The van der Waals surface area contributed by atoms with E-state index >= 15 is 0 Å². The van der Waals surface area contributed by atoms with Crippen LogP contribution in [0.3, 0.4) is 0 Å². The summed E-state index contributed by atoms with van der Waals surface area (Å²) in [5.41, 5.74) is 5.05.